The molecule has 0 unspecified atom stereocenters. The van der Waals surface area contributed by atoms with Gasteiger partial charge in [-0.1, -0.05) is 29.8 Å². The third kappa shape index (κ3) is 5.83. The zero-order chi connectivity index (χ0) is 18.2. The molecule has 5 nitrogen and oxygen atoms in total. The highest BCUT2D eigenvalue weighted by atomic mass is 32.2. The summed E-state index contributed by atoms with van der Waals surface area (Å²) in [6.45, 7) is 3.70. The van der Waals surface area contributed by atoms with E-state index in [1.807, 2.05) is 26.0 Å². The summed E-state index contributed by atoms with van der Waals surface area (Å²) in [4.78, 5) is 24.8. The number of thioether (sulfide) groups is 1. The fourth-order valence-electron chi connectivity index (χ4n) is 2.22. The highest BCUT2D eigenvalue weighted by Crippen LogP contribution is 2.24. The van der Waals surface area contributed by atoms with Gasteiger partial charge < -0.3 is 14.8 Å². The molecular weight excluding hydrogens is 338 g/mol. The summed E-state index contributed by atoms with van der Waals surface area (Å²) < 4.78 is 10.2. The van der Waals surface area contributed by atoms with Crippen molar-refractivity contribution in [3.05, 3.63) is 53.6 Å². The fourth-order valence-corrected chi connectivity index (χ4v) is 3.03. The molecule has 1 N–H and O–H groups in total. The second kappa shape index (κ2) is 9.13. The van der Waals surface area contributed by atoms with Crippen molar-refractivity contribution in [2.24, 2.45) is 0 Å². The number of methoxy groups -OCH3 is 1. The summed E-state index contributed by atoms with van der Waals surface area (Å²) in [5, 5.41) is 2.66. The van der Waals surface area contributed by atoms with Crippen molar-refractivity contribution >= 4 is 29.3 Å². The smallest absolute Gasteiger partial charge is 0.316 e. The first-order chi connectivity index (χ1) is 12.0. The van der Waals surface area contributed by atoms with Crippen LogP contribution in [0.4, 0.5) is 5.69 Å². The van der Waals surface area contributed by atoms with Crippen LogP contribution in [0.25, 0.3) is 0 Å². The molecule has 0 fully saturated rings. The number of hydrogen-bond acceptors (Lipinski definition) is 5. The number of carbonyl (C=O) groups excluding carboxylic acids is 2. The van der Waals surface area contributed by atoms with Gasteiger partial charge in [-0.3, -0.25) is 9.59 Å². The van der Waals surface area contributed by atoms with Gasteiger partial charge in [0.25, 0.3) is 5.91 Å². The summed E-state index contributed by atoms with van der Waals surface area (Å²) >= 11 is 1.40. The van der Waals surface area contributed by atoms with Crippen molar-refractivity contribution in [1.82, 2.24) is 0 Å². The van der Waals surface area contributed by atoms with Gasteiger partial charge in [0.05, 0.1) is 18.6 Å². The molecule has 1 amide bonds. The number of hydrogen-bond donors (Lipinski definition) is 1. The Hall–Kier alpha value is -2.47. The van der Waals surface area contributed by atoms with Gasteiger partial charge in [0, 0.05) is 4.90 Å². The lowest BCUT2D eigenvalue weighted by Crippen LogP contribution is -2.21. The van der Waals surface area contributed by atoms with E-state index in [9.17, 15) is 9.59 Å². The molecule has 0 aliphatic heterocycles. The Morgan fingerprint density at radius 3 is 2.60 bits per heavy atom. The predicted molar refractivity (Wildman–Crippen MR) is 99.2 cm³/mol. The lowest BCUT2D eigenvalue weighted by molar-refractivity contribution is -0.144. The third-order valence-corrected chi connectivity index (χ3v) is 4.57. The standard InChI is InChI=1S/C19H21NO4S/c1-13-8-9-17(14(2)10-13)25-12-19(22)24-11-18(21)20-15-6-4-5-7-16(15)23-3/h4-10H,11-12H2,1-3H3,(H,20,21). The molecule has 0 heterocycles. The van der Waals surface area contributed by atoms with Gasteiger partial charge in [-0.05, 0) is 37.6 Å². The molecule has 132 valence electrons. The molecule has 2 aromatic carbocycles. The van der Waals surface area contributed by atoms with Gasteiger partial charge in [0.1, 0.15) is 5.75 Å². The number of aryl methyl sites for hydroxylation is 2. The van der Waals surface area contributed by atoms with E-state index >= 15 is 0 Å². The molecule has 0 spiro atoms. The molecule has 0 bridgehead atoms. The van der Waals surface area contributed by atoms with E-state index in [0.29, 0.717) is 11.4 Å². The van der Waals surface area contributed by atoms with Gasteiger partial charge in [-0.15, -0.1) is 11.8 Å². The normalized spacial score (nSPS) is 10.2. The Balaban J connectivity index is 1.78. The number of nitrogens with one attached hydrogen (secondary N) is 1. The molecule has 0 radical (unpaired) electrons. The monoisotopic (exact) mass is 359 g/mol. The van der Waals surface area contributed by atoms with Gasteiger partial charge in [-0.25, -0.2) is 0 Å². The molecule has 6 heteroatoms. The van der Waals surface area contributed by atoms with E-state index in [1.165, 1.54) is 24.4 Å². The second-order valence-corrected chi connectivity index (χ2v) is 6.48. The SMILES string of the molecule is COc1ccccc1NC(=O)COC(=O)CSc1ccc(C)cc1C. The van der Waals surface area contributed by atoms with Crippen LogP contribution >= 0.6 is 11.8 Å². The molecule has 25 heavy (non-hydrogen) atoms. The number of carbonyl (C=O) groups is 2. The lowest BCUT2D eigenvalue weighted by Gasteiger charge is -2.10. The number of anilines is 1. The third-order valence-electron chi connectivity index (χ3n) is 3.42. The van der Waals surface area contributed by atoms with Crippen molar-refractivity contribution in [3.63, 3.8) is 0 Å². The first-order valence-electron chi connectivity index (χ1n) is 7.78. The zero-order valence-corrected chi connectivity index (χ0v) is 15.3. The average Bonchev–Trinajstić information content (AvgIpc) is 2.59. The average molecular weight is 359 g/mol. The maximum absolute atomic E-state index is 11.9. The summed E-state index contributed by atoms with van der Waals surface area (Å²) in [6, 6.07) is 13.1. The van der Waals surface area contributed by atoms with E-state index in [2.05, 4.69) is 11.4 Å². The lowest BCUT2D eigenvalue weighted by atomic mass is 10.2. The topological polar surface area (TPSA) is 64.6 Å². The molecule has 0 atom stereocenters. The maximum Gasteiger partial charge on any atom is 0.316 e. The quantitative estimate of drug-likeness (QED) is 0.605. The van der Waals surface area contributed by atoms with Gasteiger partial charge in [0.2, 0.25) is 0 Å². The van der Waals surface area contributed by atoms with E-state index in [4.69, 9.17) is 9.47 Å². The minimum Gasteiger partial charge on any atom is -0.495 e. The van der Waals surface area contributed by atoms with Crippen molar-refractivity contribution < 1.29 is 19.1 Å². The molecule has 2 aromatic rings. The van der Waals surface area contributed by atoms with Crippen molar-refractivity contribution in [1.29, 1.82) is 0 Å². The van der Waals surface area contributed by atoms with Crippen LogP contribution in [0.3, 0.4) is 0 Å². The minimum absolute atomic E-state index is 0.159. The van der Waals surface area contributed by atoms with Crippen LogP contribution < -0.4 is 10.1 Å². The van der Waals surface area contributed by atoms with Crippen LogP contribution in [-0.4, -0.2) is 31.3 Å². The second-order valence-electron chi connectivity index (χ2n) is 5.47. The number of para-hydroxylation sites is 2. The van der Waals surface area contributed by atoms with Gasteiger partial charge in [0.15, 0.2) is 6.61 Å². The Kier molecular flexibility index (Phi) is 6.89. The van der Waals surface area contributed by atoms with Crippen molar-refractivity contribution in [3.8, 4) is 5.75 Å². The van der Waals surface area contributed by atoms with Crippen LogP contribution in [0.5, 0.6) is 5.75 Å². The van der Waals surface area contributed by atoms with Crippen LogP contribution in [0, 0.1) is 13.8 Å². The van der Waals surface area contributed by atoms with E-state index in [-0.39, 0.29) is 12.4 Å². The van der Waals surface area contributed by atoms with Gasteiger partial charge >= 0.3 is 5.97 Å². The molecule has 0 aliphatic carbocycles. The molecular formula is C19H21NO4S. The Morgan fingerprint density at radius 1 is 1.12 bits per heavy atom. The molecule has 0 aliphatic rings. The molecule has 0 aromatic heterocycles. The van der Waals surface area contributed by atoms with Gasteiger partial charge in [-0.2, -0.15) is 0 Å². The highest BCUT2D eigenvalue weighted by Gasteiger charge is 2.11. The van der Waals surface area contributed by atoms with E-state index < -0.39 is 11.9 Å². The zero-order valence-electron chi connectivity index (χ0n) is 14.5. The van der Waals surface area contributed by atoms with Crippen LogP contribution in [0.1, 0.15) is 11.1 Å². The highest BCUT2D eigenvalue weighted by molar-refractivity contribution is 8.00. The number of esters is 1. The van der Waals surface area contributed by atoms with Crippen molar-refractivity contribution in [2.75, 3.05) is 24.8 Å². The predicted octanol–water partition coefficient (Wildman–Crippen LogP) is 3.59. The molecule has 0 saturated carbocycles. The number of amides is 1. The maximum atomic E-state index is 11.9. The molecule has 2 rings (SSSR count). The first kappa shape index (κ1) is 18.9. The Morgan fingerprint density at radius 2 is 1.88 bits per heavy atom. The van der Waals surface area contributed by atoms with Crippen LogP contribution in [-0.2, 0) is 14.3 Å². The fraction of sp³-hybridized carbons (Fsp3) is 0.263. The van der Waals surface area contributed by atoms with Crippen LogP contribution in [0.15, 0.2) is 47.4 Å². The van der Waals surface area contributed by atoms with Crippen LogP contribution in [0.2, 0.25) is 0 Å². The summed E-state index contributed by atoms with van der Waals surface area (Å²) in [5.74, 6) is -0.131. The molecule has 0 saturated heterocycles. The number of ether oxygens (including phenoxy) is 2. The number of rotatable bonds is 7. The van der Waals surface area contributed by atoms with E-state index in [0.717, 1.165) is 10.5 Å². The van der Waals surface area contributed by atoms with Crippen molar-refractivity contribution in [2.45, 2.75) is 18.7 Å². The number of benzene rings is 2. The van der Waals surface area contributed by atoms with E-state index in [1.54, 1.807) is 24.3 Å². The summed E-state index contributed by atoms with van der Waals surface area (Å²) in [7, 11) is 1.52. The largest absolute Gasteiger partial charge is 0.495 e. The summed E-state index contributed by atoms with van der Waals surface area (Å²) in [5.41, 5.74) is 2.83. The summed E-state index contributed by atoms with van der Waals surface area (Å²) in [6.07, 6.45) is 0. The Labute approximate surface area is 151 Å². The first-order valence-corrected chi connectivity index (χ1v) is 8.76. The Bertz CT molecular complexity index is 761. The minimum atomic E-state index is -0.430.